The molecule has 6 nitrogen and oxygen atoms in total. The number of hydrogen-bond acceptors (Lipinski definition) is 4. The highest BCUT2D eigenvalue weighted by molar-refractivity contribution is 6.33. The van der Waals surface area contributed by atoms with Crippen LogP contribution in [0, 0.1) is 11.8 Å². The van der Waals surface area contributed by atoms with Crippen LogP contribution in [0.15, 0.2) is 24.3 Å². The van der Waals surface area contributed by atoms with E-state index in [1.165, 1.54) is 12.8 Å². The minimum absolute atomic E-state index is 0.0651. The number of benzene rings is 1. The van der Waals surface area contributed by atoms with E-state index >= 15 is 0 Å². The van der Waals surface area contributed by atoms with E-state index in [1.807, 2.05) is 12.1 Å². The van der Waals surface area contributed by atoms with Gasteiger partial charge in [-0.2, -0.15) is 0 Å². The van der Waals surface area contributed by atoms with Crippen LogP contribution in [0.1, 0.15) is 33.1 Å². The lowest BCUT2D eigenvalue weighted by atomic mass is 9.78. The number of amides is 2. The largest absolute Gasteiger partial charge is 0.352 e. The molecule has 0 bridgehead atoms. The predicted molar refractivity (Wildman–Crippen MR) is 117 cm³/mol. The molecule has 2 N–H and O–H groups in total. The van der Waals surface area contributed by atoms with Gasteiger partial charge in [0.25, 0.3) is 0 Å². The van der Waals surface area contributed by atoms with E-state index in [2.05, 4.69) is 34.3 Å². The molecule has 1 saturated carbocycles. The molecule has 29 heavy (non-hydrogen) atoms. The first-order valence-electron chi connectivity index (χ1n) is 10.7. The zero-order chi connectivity index (χ0) is 20.8. The van der Waals surface area contributed by atoms with Crippen LogP contribution < -0.4 is 10.6 Å². The molecule has 0 spiro atoms. The van der Waals surface area contributed by atoms with E-state index in [1.54, 1.807) is 12.1 Å². The molecule has 3 rings (SSSR count). The van der Waals surface area contributed by atoms with Crippen molar-refractivity contribution in [3.05, 3.63) is 29.3 Å². The zero-order valence-electron chi connectivity index (χ0n) is 17.5. The Morgan fingerprint density at radius 3 is 2.28 bits per heavy atom. The number of hydrogen-bond donors (Lipinski definition) is 2. The molecular formula is C22H33ClN4O2. The summed E-state index contributed by atoms with van der Waals surface area (Å²) >= 11 is 6.09. The first-order chi connectivity index (χ1) is 13.9. The number of nitrogens with zero attached hydrogens (tertiary/aromatic N) is 2. The van der Waals surface area contributed by atoms with Crippen molar-refractivity contribution in [1.29, 1.82) is 0 Å². The smallest absolute Gasteiger partial charge is 0.238 e. The van der Waals surface area contributed by atoms with E-state index in [-0.39, 0.29) is 11.8 Å². The topological polar surface area (TPSA) is 64.7 Å². The zero-order valence-corrected chi connectivity index (χ0v) is 18.3. The highest BCUT2D eigenvalue weighted by atomic mass is 35.5. The van der Waals surface area contributed by atoms with Gasteiger partial charge in [0, 0.05) is 32.2 Å². The molecule has 2 amide bonds. The number of nitrogens with one attached hydrogen (secondary N) is 2. The van der Waals surface area contributed by atoms with E-state index in [0.29, 0.717) is 41.7 Å². The van der Waals surface area contributed by atoms with Crippen molar-refractivity contribution in [2.24, 2.45) is 11.8 Å². The Labute approximate surface area is 179 Å². The number of halogens is 1. The van der Waals surface area contributed by atoms with Crippen LogP contribution in [0.5, 0.6) is 0 Å². The predicted octanol–water partition coefficient (Wildman–Crippen LogP) is 2.84. The average molecular weight is 421 g/mol. The van der Waals surface area contributed by atoms with E-state index in [0.717, 1.165) is 32.6 Å². The fourth-order valence-corrected chi connectivity index (χ4v) is 4.49. The molecule has 2 aliphatic rings. The maximum absolute atomic E-state index is 12.5. The van der Waals surface area contributed by atoms with E-state index in [9.17, 15) is 9.59 Å². The average Bonchev–Trinajstić information content (AvgIpc) is 2.69. The molecule has 160 valence electrons. The van der Waals surface area contributed by atoms with Crippen molar-refractivity contribution in [2.75, 3.05) is 44.6 Å². The maximum Gasteiger partial charge on any atom is 0.238 e. The normalized spacial score (nSPS) is 26.1. The highest BCUT2D eigenvalue weighted by Gasteiger charge is 2.29. The standard InChI is InChI=1S/C22H33ClN4O2/c1-16-6-5-9-19(17(16)2)24-21(28)14-26-10-12-27(13-11-26)15-22(29)25-20-8-4-3-7-18(20)23/h3-4,7-8,16-17,19H,5-6,9-15H2,1-2H3,(H,24,28)(H,25,29)/t16-,17+,19-/m0/s1. The Bertz CT molecular complexity index is 706. The minimum atomic E-state index is -0.0651. The summed E-state index contributed by atoms with van der Waals surface area (Å²) in [5.74, 6) is 1.28. The molecule has 0 radical (unpaired) electrons. The van der Waals surface area contributed by atoms with Gasteiger partial charge in [-0.05, 0) is 30.4 Å². The molecule has 1 saturated heterocycles. The molecule has 1 aliphatic carbocycles. The number of piperazine rings is 1. The summed E-state index contributed by atoms with van der Waals surface area (Å²) < 4.78 is 0. The second kappa shape index (κ2) is 10.4. The summed E-state index contributed by atoms with van der Waals surface area (Å²) in [7, 11) is 0. The summed E-state index contributed by atoms with van der Waals surface area (Å²) in [6, 6.07) is 7.55. The number of anilines is 1. The molecule has 1 heterocycles. The molecular weight excluding hydrogens is 388 g/mol. The van der Waals surface area contributed by atoms with E-state index in [4.69, 9.17) is 11.6 Å². The van der Waals surface area contributed by atoms with Crippen LogP contribution in [0.3, 0.4) is 0 Å². The van der Waals surface area contributed by atoms with Crippen molar-refractivity contribution < 1.29 is 9.59 Å². The van der Waals surface area contributed by atoms with Crippen LogP contribution >= 0.6 is 11.6 Å². The second-order valence-corrected chi connectivity index (χ2v) is 8.93. The van der Waals surface area contributed by atoms with Crippen molar-refractivity contribution in [2.45, 2.75) is 39.2 Å². The summed E-state index contributed by atoms with van der Waals surface area (Å²) in [6.07, 6.45) is 3.55. The third kappa shape index (κ3) is 6.43. The van der Waals surface area contributed by atoms with Gasteiger partial charge in [0.05, 0.1) is 23.8 Å². The van der Waals surface area contributed by atoms with Gasteiger partial charge in [-0.3, -0.25) is 19.4 Å². The number of carbonyl (C=O) groups excluding carboxylic acids is 2. The maximum atomic E-state index is 12.5. The molecule has 0 aromatic heterocycles. The van der Waals surface area contributed by atoms with Gasteiger partial charge >= 0.3 is 0 Å². The molecule has 7 heteroatoms. The Morgan fingerprint density at radius 2 is 1.62 bits per heavy atom. The lowest BCUT2D eigenvalue weighted by Crippen LogP contribution is -2.52. The lowest BCUT2D eigenvalue weighted by molar-refractivity contribution is -0.124. The monoisotopic (exact) mass is 420 g/mol. The first-order valence-corrected chi connectivity index (χ1v) is 11.1. The van der Waals surface area contributed by atoms with Crippen LogP contribution in [0.4, 0.5) is 5.69 Å². The van der Waals surface area contributed by atoms with Gasteiger partial charge in [0.1, 0.15) is 0 Å². The van der Waals surface area contributed by atoms with Gasteiger partial charge in [0.2, 0.25) is 11.8 Å². The quantitative estimate of drug-likeness (QED) is 0.742. The van der Waals surface area contributed by atoms with Crippen molar-refractivity contribution in [1.82, 2.24) is 15.1 Å². The Morgan fingerprint density at radius 1 is 1.00 bits per heavy atom. The van der Waals surface area contributed by atoms with Crippen molar-refractivity contribution >= 4 is 29.1 Å². The van der Waals surface area contributed by atoms with Crippen molar-refractivity contribution in [3.63, 3.8) is 0 Å². The third-order valence-electron chi connectivity index (χ3n) is 6.40. The number of rotatable bonds is 6. The van der Waals surface area contributed by atoms with Crippen LogP contribution in [0.25, 0.3) is 0 Å². The molecule has 0 unspecified atom stereocenters. The van der Waals surface area contributed by atoms with Gasteiger partial charge in [-0.1, -0.05) is 50.4 Å². The van der Waals surface area contributed by atoms with Gasteiger partial charge in [0.15, 0.2) is 0 Å². The van der Waals surface area contributed by atoms with Gasteiger partial charge in [-0.25, -0.2) is 0 Å². The number of para-hydroxylation sites is 1. The Kier molecular flexibility index (Phi) is 7.92. The summed E-state index contributed by atoms with van der Waals surface area (Å²) in [4.78, 5) is 29.1. The SMILES string of the molecule is C[C@H]1[C@@H](NC(=O)CN2CCN(CC(=O)Nc3ccccc3Cl)CC2)CCC[C@@H]1C. The fraction of sp³-hybridized carbons (Fsp3) is 0.636. The third-order valence-corrected chi connectivity index (χ3v) is 6.73. The molecule has 1 aromatic carbocycles. The van der Waals surface area contributed by atoms with Crippen LogP contribution in [0.2, 0.25) is 5.02 Å². The van der Waals surface area contributed by atoms with Crippen molar-refractivity contribution in [3.8, 4) is 0 Å². The fourth-order valence-electron chi connectivity index (χ4n) is 4.30. The molecule has 3 atom stereocenters. The van der Waals surface area contributed by atoms with Crippen LogP contribution in [-0.2, 0) is 9.59 Å². The summed E-state index contributed by atoms with van der Waals surface area (Å²) in [5, 5.41) is 6.66. The van der Waals surface area contributed by atoms with E-state index < -0.39 is 0 Å². The highest BCUT2D eigenvalue weighted by Crippen LogP contribution is 2.29. The van der Waals surface area contributed by atoms with Gasteiger partial charge in [-0.15, -0.1) is 0 Å². The van der Waals surface area contributed by atoms with Crippen LogP contribution in [-0.4, -0.2) is 66.9 Å². The molecule has 1 aromatic rings. The summed E-state index contributed by atoms with van der Waals surface area (Å²) in [5.41, 5.74) is 0.640. The Hall–Kier alpha value is -1.63. The second-order valence-electron chi connectivity index (χ2n) is 8.52. The lowest BCUT2D eigenvalue weighted by Gasteiger charge is -2.36. The van der Waals surface area contributed by atoms with Gasteiger partial charge < -0.3 is 10.6 Å². The summed E-state index contributed by atoms with van der Waals surface area (Å²) in [6.45, 7) is 8.46. The molecule has 1 aliphatic heterocycles. The number of carbonyl (C=O) groups is 2. The minimum Gasteiger partial charge on any atom is -0.352 e. The molecule has 2 fully saturated rings. The Balaban J connectivity index is 1.37. The first kappa shape index (κ1) is 22.1.